The number of nitrogens with zero attached hydrogens (tertiary/aromatic N) is 1. The average molecular weight is 190 g/mol. The fraction of sp³-hybridized carbons (Fsp3) is 0.364. The van der Waals surface area contributed by atoms with Gasteiger partial charge in [0.15, 0.2) is 0 Å². The minimum absolute atomic E-state index is 0.0340. The molecule has 0 bridgehead atoms. The molecule has 1 rings (SSSR count). The predicted molar refractivity (Wildman–Crippen MR) is 54.8 cm³/mol. The maximum Gasteiger partial charge on any atom is 0.0991 e. The Labute approximate surface area is 84.0 Å². The molecule has 3 heteroatoms. The molecule has 0 spiro atoms. The highest BCUT2D eigenvalue weighted by molar-refractivity contribution is 5.39. The molecule has 2 N–H and O–H groups in total. The van der Waals surface area contributed by atoms with E-state index in [9.17, 15) is 0 Å². The van der Waals surface area contributed by atoms with E-state index < -0.39 is 0 Å². The highest BCUT2D eigenvalue weighted by Crippen LogP contribution is 2.18. The van der Waals surface area contributed by atoms with Gasteiger partial charge in [-0.2, -0.15) is 5.26 Å². The highest BCUT2D eigenvalue weighted by Gasteiger charge is 2.10. The molecular formula is C11H14N2O. The summed E-state index contributed by atoms with van der Waals surface area (Å²) in [4.78, 5) is 0. The molecular weight excluding hydrogens is 176 g/mol. The third-order valence-electron chi connectivity index (χ3n) is 2.31. The summed E-state index contributed by atoms with van der Waals surface area (Å²) in [5.41, 5.74) is 2.69. The second-order valence-electron chi connectivity index (χ2n) is 3.21. The lowest BCUT2D eigenvalue weighted by Crippen LogP contribution is -2.20. The second kappa shape index (κ2) is 4.75. The maximum absolute atomic E-state index is 9.12. The summed E-state index contributed by atoms with van der Waals surface area (Å²) in [6.45, 7) is 2.00. The zero-order valence-electron chi connectivity index (χ0n) is 8.41. The number of nitrogens with one attached hydrogen (secondary N) is 1. The number of benzene rings is 1. The third-order valence-corrected chi connectivity index (χ3v) is 2.31. The molecule has 0 aromatic heterocycles. The molecule has 14 heavy (non-hydrogen) atoms. The largest absolute Gasteiger partial charge is 0.394 e. The van der Waals surface area contributed by atoms with Crippen LogP contribution in [0.4, 0.5) is 0 Å². The molecule has 0 fully saturated rings. The Morgan fingerprint density at radius 3 is 2.79 bits per heavy atom. The third kappa shape index (κ3) is 2.11. The van der Waals surface area contributed by atoms with Crippen LogP contribution in [0.25, 0.3) is 0 Å². The Bertz CT molecular complexity index is 351. The highest BCUT2D eigenvalue weighted by atomic mass is 16.3. The molecule has 0 aliphatic heterocycles. The number of aryl methyl sites for hydroxylation is 1. The fourth-order valence-corrected chi connectivity index (χ4v) is 1.43. The Balaban J connectivity index is 3.12. The summed E-state index contributed by atoms with van der Waals surface area (Å²) in [7, 11) is 1.79. The van der Waals surface area contributed by atoms with Crippen LogP contribution in [0, 0.1) is 18.3 Å². The van der Waals surface area contributed by atoms with Crippen molar-refractivity contribution in [1.29, 1.82) is 5.26 Å². The Kier molecular flexibility index (Phi) is 3.63. The minimum Gasteiger partial charge on any atom is -0.394 e. The van der Waals surface area contributed by atoms with Gasteiger partial charge in [0.25, 0.3) is 0 Å². The van der Waals surface area contributed by atoms with E-state index in [0.29, 0.717) is 5.56 Å². The molecule has 0 aliphatic carbocycles. The van der Waals surface area contributed by atoms with Crippen LogP contribution in [0.3, 0.4) is 0 Å². The van der Waals surface area contributed by atoms with Crippen molar-refractivity contribution in [3.63, 3.8) is 0 Å². The lowest BCUT2D eigenvalue weighted by atomic mass is 9.99. The second-order valence-corrected chi connectivity index (χ2v) is 3.21. The first-order valence-electron chi connectivity index (χ1n) is 4.51. The molecule has 1 aromatic carbocycles. The smallest absolute Gasteiger partial charge is 0.0991 e. The van der Waals surface area contributed by atoms with Crippen LogP contribution in [0.15, 0.2) is 18.2 Å². The van der Waals surface area contributed by atoms with Crippen molar-refractivity contribution < 1.29 is 5.11 Å². The van der Waals surface area contributed by atoms with Crippen LogP contribution in [0.1, 0.15) is 22.7 Å². The van der Waals surface area contributed by atoms with Crippen LogP contribution >= 0.6 is 0 Å². The molecule has 0 aliphatic rings. The first kappa shape index (κ1) is 10.7. The lowest BCUT2D eigenvalue weighted by molar-refractivity contribution is 0.250. The lowest BCUT2D eigenvalue weighted by Gasteiger charge is -2.16. The van der Waals surface area contributed by atoms with Gasteiger partial charge in [0.1, 0.15) is 0 Å². The van der Waals surface area contributed by atoms with Crippen LogP contribution in [0.2, 0.25) is 0 Å². The van der Waals surface area contributed by atoms with Gasteiger partial charge in [0.2, 0.25) is 0 Å². The molecule has 0 saturated carbocycles. The van der Waals surface area contributed by atoms with Crippen LogP contribution < -0.4 is 5.32 Å². The number of nitriles is 1. The number of rotatable bonds is 3. The normalized spacial score (nSPS) is 12.1. The van der Waals surface area contributed by atoms with Gasteiger partial charge >= 0.3 is 0 Å². The van der Waals surface area contributed by atoms with Gasteiger partial charge in [0, 0.05) is 0 Å². The number of aliphatic hydroxyl groups is 1. The van der Waals surface area contributed by atoms with Gasteiger partial charge in [-0.15, -0.1) is 0 Å². The van der Waals surface area contributed by atoms with Gasteiger partial charge < -0.3 is 10.4 Å². The van der Waals surface area contributed by atoms with E-state index in [1.807, 2.05) is 19.1 Å². The maximum atomic E-state index is 9.12. The number of hydrogen-bond donors (Lipinski definition) is 2. The Morgan fingerprint density at radius 2 is 2.29 bits per heavy atom. The standard InChI is InChI=1S/C11H14N2O/c1-8-3-4-9(6-12)5-10(8)11(7-14)13-2/h3-5,11,13-14H,7H2,1-2H3/t11-/m0/s1. The number of hydrogen-bond acceptors (Lipinski definition) is 3. The van der Waals surface area contributed by atoms with E-state index in [2.05, 4.69) is 11.4 Å². The summed E-state index contributed by atoms with van der Waals surface area (Å²) < 4.78 is 0. The molecule has 1 atom stereocenters. The average Bonchev–Trinajstić information content (AvgIpc) is 2.22. The van der Waals surface area contributed by atoms with Crippen molar-refractivity contribution in [2.45, 2.75) is 13.0 Å². The van der Waals surface area contributed by atoms with Crippen LogP contribution in [0.5, 0.6) is 0 Å². The molecule has 74 valence electrons. The SMILES string of the molecule is CN[C@@H](CO)c1cc(C#N)ccc1C. The molecule has 0 saturated heterocycles. The first-order valence-corrected chi connectivity index (χ1v) is 4.51. The zero-order chi connectivity index (χ0) is 10.6. The summed E-state index contributed by atoms with van der Waals surface area (Å²) >= 11 is 0. The molecule has 0 amide bonds. The van der Waals surface area contributed by atoms with Gasteiger partial charge in [-0.1, -0.05) is 6.07 Å². The van der Waals surface area contributed by atoms with Gasteiger partial charge in [-0.3, -0.25) is 0 Å². The summed E-state index contributed by atoms with van der Waals surface area (Å²) in [5, 5.41) is 20.9. The minimum atomic E-state index is -0.0942. The Morgan fingerprint density at radius 1 is 1.57 bits per heavy atom. The molecule has 0 unspecified atom stereocenters. The number of aliphatic hydroxyl groups excluding tert-OH is 1. The molecule has 1 aromatic rings. The predicted octanol–water partition coefficient (Wildman–Crippen LogP) is 1.12. The number of likely N-dealkylation sites (N-methyl/N-ethyl adjacent to an activating group) is 1. The van der Waals surface area contributed by atoms with E-state index in [-0.39, 0.29) is 12.6 Å². The van der Waals surface area contributed by atoms with Crippen LogP contribution in [-0.4, -0.2) is 18.8 Å². The van der Waals surface area contributed by atoms with Gasteiger partial charge in [-0.05, 0) is 37.2 Å². The van der Waals surface area contributed by atoms with Crippen molar-refractivity contribution >= 4 is 0 Å². The van der Waals surface area contributed by atoms with Crippen molar-refractivity contribution in [2.75, 3.05) is 13.7 Å². The van der Waals surface area contributed by atoms with Gasteiger partial charge in [-0.25, -0.2) is 0 Å². The van der Waals surface area contributed by atoms with E-state index in [0.717, 1.165) is 11.1 Å². The fourth-order valence-electron chi connectivity index (χ4n) is 1.43. The summed E-state index contributed by atoms with van der Waals surface area (Å²) in [6, 6.07) is 7.48. The van der Waals surface area contributed by atoms with Crippen molar-refractivity contribution in [3.05, 3.63) is 34.9 Å². The molecule has 3 nitrogen and oxygen atoms in total. The molecule has 0 radical (unpaired) electrons. The van der Waals surface area contributed by atoms with Crippen molar-refractivity contribution in [1.82, 2.24) is 5.32 Å². The molecule has 0 heterocycles. The Hall–Kier alpha value is -1.37. The van der Waals surface area contributed by atoms with Crippen molar-refractivity contribution in [3.8, 4) is 6.07 Å². The first-order chi connectivity index (χ1) is 6.72. The monoisotopic (exact) mass is 190 g/mol. The van der Waals surface area contributed by atoms with E-state index in [1.165, 1.54) is 0 Å². The van der Waals surface area contributed by atoms with Crippen LogP contribution in [-0.2, 0) is 0 Å². The van der Waals surface area contributed by atoms with E-state index in [1.54, 1.807) is 13.1 Å². The van der Waals surface area contributed by atoms with Gasteiger partial charge in [0.05, 0.1) is 24.3 Å². The summed E-state index contributed by atoms with van der Waals surface area (Å²) in [5.74, 6) is 0. The van der Waals surface area contributed by atoms with Crippen molar-refractivity contribution in [2.24, 2.45) is 0 Å². The summed E-state index contributed by atoms with van der Waals surface area (Å²) in [6.07, 6.45) is 0. The zero-order valence-corrected chi connectivity index (χ0v) is 8.41. The van der Waals surface area contributed by atoms with E-state index in [4.69, 9.17) is 10.4 Å². The topological polar surface area (TPSA) is 56.0 Å². The van der Waals surface area contributed by atoms with E-state index >= 15 is 0 Å². The quantitative estimate of drug-likeness (QED) is 0.751.